The Balaban J connectivity index is 1.71. The number of carbonyl (C=O) groups is 1. The van der Waals surface area contributed by atoms with Gasteiger partial charge in [0.25, 0.3) is 5.91 Å². The van der Waals surface area contributed by atoms with E-state index in [0.29, 0.717) is 12.1 Å². The van der Waals surface area contributed by atoms with E-state index >= 15 is 0 Å². The van der Waals surface area contributed by atoms with Crippen LogP contribution < -0.4 is 5.32 Å². The van der Waals surface area contributed by atoms with Crippen LogP contribution in [0.25, 0.3) is 11.3 Å². The average Bonchev–Trinajstić information content (AvgIpc) is 3.08. The third kappa shape index (κ3) is 3.32. The Morgan fingerprint density at radius 2 is 2.00 bits per heavy atom. The minimum absolute atomic E-state index is 0.0569. The van der Waals surface area contributed by atoms with Crippen molar-refractivity contribution < 1.29 is 4.79 Å². The minimum atomic E-state index is -0.0569. The first-order chi connectivity index (χ1) is 10.3. The van der Waals surface area contributed by atoms with Crippen LogP contribution in [0.4, 0.5) is 0 Å². The molecule has 5 heteroatoms. The zero-order valence-corrected chi connectivity index (χ0v) is 12.0. The van der Waals surface area contributed by atoms with Crippen molar-refractivity contribution in [2.24, 2.45) is 0 Å². The molecule has 0 saturated carbocycles. The monoisotopic (exact) mass is 295 g/mol. The van der Waals surface area contributed by atoms with Gasteiger partial charge in [-0.05, 0) is 41.3 Å². The van der Waals surface area contributed by atoms with Crippen LogP contribution in [0.2, 0.25) is 0 Å². The summed E-state index contributed by atoms with van der Waals surface area (Å²) in [6.07, 6.45) is 5.23. The molecule has 3 rings (SSSR count). The fourth-order valence-corrected chi connectivity index (χ4v) is 2.58. The van der Waals surface area contributed by atoms with E-state index in [1.807, 2.05) is 41.1 Å². The maximum Gasteiger partial charge on any atom is 0.252 e. The summed E-state index contributed by atoms with van der Waals surface area (Å²) >= 11 is 1.51. The number of hydrogen-bond acceptors (Lipinski definition) is 4. The summed E-state index contributed by atoms with van der Waals surface area (Å²) in [5.41, 5.74) is 3.60. The van der Waals surface area contributed by atoms with Gasteiger partial charge >= 0.3 is 0 Å². The Labute approximate surface area is 126 Å². The van der Waals surface area contributed by atoms with Gasteiger partial charge in [0.2, 0.25) is 0 Å². The molecular formula is C16H13N3OS. The summed E-state index contributed by atoms with van der Waals surface area (Å²) in [5.74, 6) is -0.0569. The zero-order chi connectivity index (χ0) is 14.5. The van der Waals surface area contributed by atoms with E-state index in [1.165, 1.54) is 11.3 Å². The summed E-state index contributed by atoms with van der Waals surface area (Å²) in [6.45, 7) is 0.481. The lowest BCUT2D eigenvalue weighted by Gasteiger charge is -2.06. The van der Waals surface area contributed by atoms with E-state index in [1.54, 1.807) is 18.6 Å². The number of rotatable bonds is 4. The molecule has 1 N–H and O–H groups in total. The van der Waals surface area contributed by atoms with Gasteiger partial charge in [0.15, 0.2) is 0 Å². The van der Waals surface area contributed by atoms with E-state index in [-0.39, 0.29) is 5.91 Å². The Morgan fingerprint density at radius 1 is 1.14 bits per heavy atom. The van der Waals surface area contributed by atoms with E-state index < -0.39 is 0 Å². The smallest absolute Gasteiger partial charge is 0.252 e. The van der Waals surface area contributed by atoms with Gasteiger partial charge < -0.3 is 5.32 Å². The first kappa shape index (κ1) is 13.5. The maximum absolute atomic E-state index is 11.9. The van der Waals surface area contributed by atoms with Crippen molar-refractivity contribution in [3.8, 4) is 11.3 Å². The quantitative estimate of drug-likeness (QED) is 0.804. The highest BCUT2D eigenvalue weighted by Gasteiger charge is 2.06. The number of hydrogen-bond donors (Lipinski definition) is 1. The summed E-state index contributed by atoms with van der Waals surface area (Å²) in [7, 11) is 0. The number of carbonyl (C=O) groups excluding carboxylic acids is 1. The van der Waals surface area contributed by atoms with Crippen LogP contribution in [0.1, 0.15) is 15.9 Å². The Kier molecular flexibility index (Phi) is 4.02. The molecule has 0 unspecified atom stereocenters. The van der Waals surface area contributed by atoms with Crippen LogP contribution >= 0.6 is 11.3 Å². The number of aromatic nitrogens is 2. The normalized spacial score (nSPS) is 10.3. The molecule has 0 aliphatic heterocycles. The molecule has 0 fully saturated rings. The molecule has 4 nitrogen and oxygen atoms in total. The van der Waals surface area contributed by atoms with E-state index in [4.69, 9.17) is 0 Å². The summed E-state index contributed by atoms with van der Waals surface area (Å²) < 4.78 is 0. The molecule has 0 atom stereocenters. The van der Waals surface area contributed by atoms with Crippen LogP contribution in [0.3, 0.4) is 0 Å². The van der Waals surface area contributed by atoms with Gasteiger partial charge in [-0.3, -0.25) is 14.8 Å². The van der Waals surface area contributed by atoms with Crippen molar-refractivity contribution in [1.29, 1.82) is 0 Å². The van der Waals surface area contributed by atoms with Crippen molar-refractivity contribution in [3.05, 3.63) is 70.8 Å². The lowest BCUT2D eigenvalue weighted by atomic mass is 10.1. The minimum Gasteiger partial charge on any atom is -0.348 e. The number of nitrogens with zero attached hydrogens (tertiary/aromatic N) is 2. The van der Waals surface area contributed by atoms with Crippen LogP contribution in [-0.4, -0.2) is 15.9 Å². The highest BCUT2D eigenvalue weighted by molar-refractivity contribution is 7.08. The predicted molar refractivity (Wildman–Crippen MR) is 83.0 cm³/mol. The van der Waals surface area contributed by atoms with Crippen LogP contribution in [0.5, 0.6) is 0 Å². The van der Waals surface area contributed by atoms with Gasteiger partial charge in [0.1, 0.15) is 0 Å². The second kappa shape index (κ2) is 6.28. The van der Waals surface area contributed by atoms with Gasteiger partial charge in [-0.1, -0.05) is 0 Å². The van der Waals surface area contributed by atoms with Crippen molar-refractivity contribution in [2.75, 3.05) is 0 Å². The number of amides is 1. The molecule has 0 spiro atoms. The number of thiophene rings is 1. The lowest BCUT2D eigenvalue weighted by Crippen LogP contribution is -2.22. The summed E-state index contributed by atoms with van der Waals surface area (Å²) in [5, 5.41) is 6.64. The maximum atomic E-state index is 11.9. The second-order valence-corrected chi connectivity index (χ2v) is 5.26. The molecule has 104 valence electrons. The third-order valence-electron chi connectivity index (χ3n) is 3.04. The molecule has 3 aromatic rings. The van der Waals surface area contributed by atoms with Crippen molar-refractivity contribution in [2.45, 2.75) is 6.54 Å². The van der Waals surface area contributed by atoms with E-state index in [0.717, 1.165) is 16.8 Å². The Bertz CT molecular complexity index is 726. The molecule has 21 heavy (non-hydrogen) atoms. The van der Waals surface area contributed by atoms with Gasteiger partial charge in [-0.15, -0.1) is 0 Å². The SMILES string of the molecule is O=C(NCc1ccnc(-c2ccncc2)c1)c1ccsc1. The van der Waals surface area contributed by atoms with Crippen LogP contribution in [0, 0.1) is 0 Å². The third-order valence-corrected chi connectivity index (χ3v) is 3.72. The summed E-state index contributed by atoms with van der Waals surface area (Å²) in [6, 6.07) is 9.52. The Hall–Kier alpha value is -2.53. The lowest BCUT2D eigenvalue weighted by molar-refractivity contribution is 0.0951. The van der Waals surface area contributed by atoms with Crippen molar-refractivity contribution in [3.63, 3.8) is 0 Å². The highest BCUT2D eigenvalue weighted by Crippen LogP contribution is 2.16. The first-order valence-electron chi connectivity index (χ1n) is 6.48. The number of pyridine rings is 2. The number of nitrogens with one attached hydrogen (secondary N) is 1. The zero-order valence-electron chi connectivity index (χ0n) is 11.2. The second-order valence-electron chi connectivity index (χ2n) is 4.48. The standard InChI is InChI=1S/C16H13N3OS/c20-16(14-4-8-21-11-14)19-10-12-1-7-18-15(9-12)13-2-5-17-6-3-13/h1-9,11H,10H2,(H,19,20). The first-order valence-corrected chi connectivity index (χ1v) is 7.43. The van der Waals surface area contributed by atoms with Gasteiger partial charge in [0.05, 0.1) is 5.69 Å². The van der Waals surface area contributed by atoms with Gasteiger partial charge in [-0.25, -0.2) is 0 Å². The highest BCUT2D eigenvalue weighted by atomic mass is 32.1. The average molecular weight is 295 g/mol. The predicted octanol–water partition coefficient (Wildman–Crippen LogP) is 3.14. The van der Waals surface area contributed by atoms with Gasteiger partial charge in [0, 0.05) is 41.6 Å². The van der Waals surface area contributed by atoms with Crippen LogP contribution in [-0.2, 0) is 6.54 Å². The molecule has 3 heterocycles. The van der Waals surface area contributed by atoms with Crippen molar-refractivity contribution in [1.82, 2.24) is 15.3 Å². The molecular weight excluding hydrogens is 282 g/mol. The molecule has 3 aromatic heterocycles. The molecule has 0 aliphatic rings. The molecule has 1 amide bonds. The molecule has 0 saturated heterocycles. The van der Waals surface area contributed by atoms with Gasteiger partial charge in [-0.2, -0.15) is 11.3 Å². The van der Waals surface area contributed by atoms with E-state index in [2.05, 4.69) is 15.3 Å². The van der Waals surface area contributed by atoms with Crippen LogP contribution in [0.15, 0.2) is 59.7 Å². The largest absolute Gasteiger partial charge is 0.348 e. The Morgan fingerprint density at radius 3 is 2.76 bits per heavy atom. The molecule has 0 aromatic carbocycles. The fraction of sp³-hybridized carbons (Fsp3) is 0.0625. The fourth-order valence-electron chi connectivity index (χ4n) is 1.94. The molecule has 0 bridgehead atoms. The van der Waals surface area contributed by atoms with Crippen molar-refractivity contribution >= 4 is 17.2 Å². The molecule has 0 aliphatic carbocycles. The molecule has 0 radical (unpaired) electrons. The summed E-state index contributed by atoms with van der Waals surface area (Å²) in [4.78, 5) is 20.3. The topological polar surface area (TPSA) is 54.9 Å². The van der Waals surface area contributed by atoms with E-state index in [9.17, 15) is 4.79 Å².